The van der Waals surface area contributed by atoms with Crippen LogP contribution in [0.25, 0.3) is 11.3 Å². The standard InChI is InChI=1S/C17H21ClN4O2/c1-24-11-15-3-2-8-22(15)17(23)19-9-13-10-20-21-16(13)12-4-6-14(18)7-5-12/h4-7,10,15H,2-3,8-9,11H2,1H3,(H,19,23)(H,20,21)/t15-/m0/s1. The summed E-state index contributed by atoms with van der Waals surface area (Å²) in [6.07, 6.45) is 3.74. The second-order valence-electron chi connectivity index (χ2n) is 5.88. The lowest BCUT2D eigenvalue weighted by molar-refractivity contribution is 0.123. The summed E-state index contributed by atoms with van der Waals surface area (Å²) in [4.78, 5) is 14.3. The van der Waals surface area contributed by atoms with Crippen molar-refractivity contribution in [3.8, 4) is 11.3 Å². The highest BCUT2D eigenvalue weighted by atomic mass is 35.5. The quantitative estimate of drug-likeness (QED) is 0.872. The zero-order valence-corrected chi connectivity index (χ0v) is 14.3. The SMILES string of the molecule is COC[C@@H]1CCCN1C(=O)NCc1cn[nH]c1-c1ccc(Cl)cc1. The Labute approximate surface area is 146 Å². The van der Waals surface area contributed by atoms with Crippen LogP contribution in [-0.2, 0) is 11.3 Å². The minimum absolute atomic E-state index is 0.0576. The van der Waals surface area contributed by atoms with Crippen molar-refractivity contribution < 1.29 is 9.53 Å². The van der Waals surface area contributed by atoms with E-state index in [0.717, 1.165) is 36.2 Å². The normalized spacial score (nSPS) is 17.2. The number of benzene rings is 1. The third-order valence-electron chi connectivity index (χ3n) is 4.28. The van der Waals surface area contributed by atoms with Crippen molar-refractivity contribution in [2.75, 3.05) is 20.3 Å². The molecule has 24 heavy (non-hydrogen) atoms. The average Bonchev–Trinajstić information content (AvgIpc) is 3.23. The van der Waals surface area contributed by atoms with E-state index in [4.69, 9.17) is 16.3 Å². The largest absolute Gasteiger partial charge is 0.383 e. The molecule has 3 rings (SSSR count). The van der Waals surface area contributed by atoms with Crippen molar-refractivity contribution in [1.82, 2.24) is 20.4 Å². The molecule has 1 aromatic heterocycles. The third-order valence-corrected chi connectivity index (χ3v) is 4.53. The van der Waals surface area contributed by atoms with E-state index < -0.39 is 0 Å². The van der Waals surface area contributed by atoms with E-state index in [0.29, 0.717) is 18.2 Å². The molecule has 1 aromatic carbocycles. The van der Waals surface area contributed by atoms with Gasteiger partial charge in [-0.05, 0) is 30.5 Å². The van der Waals surface area contributed by atoms with Gasteiger partial charge in [-0.25, -0.2) is 4.79 Å². The lowest BCUT2D eigenvalue weighted by Gasteiger charge is -2.24. The maximum absolute atomic E-state index is 12.4. The maximum Gasteiger partial charge on any atom is 0.317 e. The van der Waals surface area contributed by atoms with E-state index in [1.807, 2.05) is 29.2 Å². The molecule has 0 aliphatic carbocycles. The molecule has 1 aliphatic rings. The van der Waals surface area contributed by atoms with E-state index in [2.05, 4.69) is 15.5 Å². The number of H-pyrrole nitrogens is 1. The van der Waals surface area contributed by atoms with Gasteiger partial charge in [0.05, 0.1) is 24.5 Å². The molecule has 0 bridgehead atoms. The Hall–Kier alpha value is -2.05. The molecule has 0 unspecified atom stereocenters. The molecule has 1 atom stereocenters. The van der Waals surface area contributed by atoms with Crippen molar-refractivity contribution in [2.24, 2.45) is 0 Å². The number of urea groups is 1. The summed E-state index contributed by atoms with van der Waals surface area (Å²) in [5.41, 5.74) is 2.81. The molecule has 0 spiro atoms. The number of aromatic amines is 1. The predicted molar refractivity (Wildman–Crippen MR) is 92.9 cm³/mol. The molecule has 6 nitrogen and oxygen atoms in total. The monoisotopic (exact) mass is 348 g/mol. The van der Waals surface area contributed by atoms with Crippen molar-refractivity contribution >= 4 is 17.6 Å². The predicted octanol–water partition coefficient (Wildman–Crippen LogP) is 3.05. The van der Waals surface area contributed by atoms with E-state index in [1.165, 1.54) is 0 Å². The van der Waals surface area contributed by atoms with Crippen LogP contribution in [0.3, 0.4) is 0 Å². The zero-order valence-electron chi connectivity index (χ0n) is 13.6. The molecule has 1 aliphatic heterocycles. The smallest absolute Gasteiger partial charge is 0.317 e. The van der Waals surface area contributed by atoms with E-state index in [1.54, 1.807) is 13.3 Å². The number of aromatic nitrogens is 2. The number of hydrogen-bond donors (Lipinski definition) is 2. The van der Waals surface area contributed by atoms with E-state index >= 15 is 0 Å². The van der Waals surface area contributed by atoms with Gasteiger partial charge in [0.2, 0.25) is 0 Å². The number of hydrogen-bond acceptors (Lipinski definition) is 3. The van der Waals surface area contributed by atoms with Gasteiger partial charge in [-0.1, -0.05) is 23.7 Å². The van der Waals surface area contributed by atoms with Crippen LogP contribution in [0.2, 0.25) is 5.02 Å². The lowest BCUT2D eigenvalue weighted by atomic mass is 10.1. The number of likely N-dealkylation sites (tertiary alicyclic amines) is 1. The Morgan fingerprint density at radius 3 is 3.00 bits per heavy atom. The number of nitrogens with zero attached hydrogens (tertiary/aromatic N) is 2. The minimum Gasteiger partial charge on any atom is -0.383 e. The first-order valence-corrected chi connectivity index (χ1v) is 8.38. The van der Waals surface area contributed by atoms with Crippen molar-refractivity contribution in [1.29, 1.82) is 0 Å². The number of carbonyl (C=O) groups excluding carboxylic acids is 1. The first-order valence-electron chi connectivity index (χ1n) is 8.00. The second kappa shape index (κ2) is 7.68. The van der Waals surface area contributed by atoms with Crippen molar-refractivity contribution in [3.05, 3.63) is 41.0 Å². The van der Waals surface area contributed by atoms with Gasteiger partial charge in [0.15, 0.2) is 0 Å². The molecule has 128 valence electrons. The number of methoxy groups -OCH3 is 1. The molecule has 1 fully saturated rings. The number of nitrogens with one attached hydrogen (secondary N) is 2. The highest BCUT2D eigenvalue weighted by Gasteiger charge is 2.28. The molecular weight excluding hydrogens is 328 g/mol. The minimum atomic E-state index is -0.0576. The lowest BCUT2D eigenvalue weighted by Crippen LogP contribution is -2.44. The van der Waals surface area contributed by atoms with Crippen LogP contribution in [0.1, 0.15) is 18.4 Å². The summed E-state index contributed by atoms with van der Waals surface area (Å²) in [7, 11) is 1.66. The summed E-state index contributed by atoms with van der Waals surface area (Å²) in [6.45, 7) is 1.77. The molecule has 7 heteroatoms. The van der Waals surface area contributed by atoms with Gasteiger partial charge in [0.1, 0.15) is 0 Å². The van der Waals surface area contributed by atoms with Gasteiger partial charge in [-0.2, -0.15) is 5.10 Å². The fourth-order valence-electron chi connectivity index (χ4n) is 3.05. The topological polar surface area (TPSA) is 70.2 Å². The van der Waals surface area contributed by atoms with E-state index in [9.17, 15) is 4.79 Å². The van der Waals surface area contributed by atoms with Crippen LogP contribution in [-0.4, -0.2) is 47.4 Å². The molecule has 2 aromatic rings. The number of ether oxygens (including phenoxy) is 1. The van der Waals surface area contributed by atoms with Gasteiger partial charge >= 0.3 is 6.03 Å². The molecule has 2 N–H and O–H groups in total. The first-order chi connectivity index (χ1) is 11.7. The van der Waals surface area contributed by atoms with Crippen molar-refractivity contribution in [2.45, 2.75) is 25.4 Å². The summed E-state index contributed by atoms with van der Waals surface area (Å²) >= 11 is 5.93. The number of rotatable bonds is 5. The van der Waals surface area contributed by atoms with Gasteiger partial charge in [0.25, 0.3) is 0 Å². The Morgan fingerprint density at radius 2 is 2.25 bits per heavy atom. The van der Waals surface area contributed by atoms with Crippen LogP contribution in [0.4, 0.5) is 4.79 Å². The number of amides is 2. The molecular formula is C17H21ClN4O2. The van der Waals surface area contributed by atoms with Gasteiger partial charge in [-0.3, -0.25) is 5.10 Å². The van der Waals surface area contributed by atoms with Crippen LogP contribution in [0, 0.1) is 0 Å². The number of carbonyl (C=O) groups is 1. The van der Waals surface area contributed by atoms with Gasteiger partial charge in [0, 0.05) is 30.8 Å². The second-order valence-corrected chi connectivity index (χ2v) is 6.32. The van der Waals surface area contributed by atoms with E-state index in [-0.39, 0.29) is 12.1 Å². The molecule has 2 heterocycles. The Balaban J connectivity index is 1.64. The van der Waals surface area contributed by atoms with Crippen LogP contribution in [0.15, 0.2) is 30.5 Å². The summed E-state index contributed by atoms with van der Waals surface area (Å²) in [5.74, 6) is 0. The fraction of sp³-hybridized carbons (Fsp3) is 0.412. The Morgan fingerprint density at radius 1 is 1.46 bits per heavy atom. The van der Waals surface area contributed by atoms with Crippen molar-refractivity contribution in [3.63, 3.8) is 0 Å². The van der Waals surface area contributed by atoms with Gasteiger partial charge < -0.3 is 15.0 Å². The Kier molecular flexibility index (Phi) is 5.37. The first kappa shape index (κ1) is 16.8. The summed E-state index contributed by atoms with van der Waals surface area (Å²) in [6, 6.07) is 7.62. The third kappa shape index (κ3) is 3.71. The molecule has 0 radical (unpaired) electrons. The molecule has 0 saturated carbocycles. The molecule has 1 saturated heterocycles. The zero-order chi connectivity index (χ0) is 16.9. The highest BCUT2D eigenvalue weighted by molar-refractivity contribution is 6.30. The summed E-state index contributed by atoms with van der Waals surface area (Å²) < 4.78 is 5.20. The highest BCUT2D eigenvalue weighted by Crippen LogP contribution is 2.23. The number of halogens is 1. The summed E-state index contributed by atoms with van der Waals surface area (Å²) in [5, 5.41) is 10.8. The maximum atomic E-state index is 12.4. The van der Waals surface area contributed by atoms with Crippen LogP contribution < -0.4 is 5.32 Å². The molecule has 2 amide bonds. The average molecular weight is 349 g/mol. The van der Waals surface area contributed by atoms with Gasteiger partial charge in [-0.15, -0.1) is 0 Å². The van der Waals surface area contributed by atoms with Crippen LogP contribution in [0.5, 0.6) is 0 Å². The van der Waals surface area contributed by atoms with Crippen LogP contribution >= 0.6 is 11.6 Å². The Bertz CT molecular complexity index is 686. The fourth-order valence-corrected chi connectivity index (χ4v) is 3.18.